The Morgan fingerprint density at radius 3 is 2.53 bits per heavy atom. The van der Waals surface area contributed by atoms with Gasteiger partial charge in [0.2, 0.25) is 11.8 Å². The van der Waals surface area contributed by atoms with E-state index >= 15 is 0 Å². The van der Waals surface area contributed by atoms with Gasteiger partial charge in [-0.15, -0.1) is 0 Å². The lowest BCUT2D eigenvalue weighted by molar-refractivity contribution is -0.151. The Morgan fingerprint density at radius 2 is 1.91 bits per heavy atom. The molecule has 0 saturated carbocycles. The van der Waals surface area contributed by atoms with Crippen LogP contribution in [0.25, 0.3) is 0 Å². The van der Waals surface area contributed by atoms with Crippen LogP contribution in [-0.4, -0.2) is 65.3 Å². The standard InChI is InChI=1S/C25H37NO8/c1-14-9-15(2)25(34-23(31)8-6-5-7-20(33-4)24(14)32)16(3)19(28)13-18(27)10-17-11-21(29)26-22(30)12-17/h5,7,9,14,16-18,20,24-25,27,32H,6,8,10-13H2,1-4H3,(H,26,29,30)/b7-5+,15-9-/t14-,16-,18-,20+,24+,25+/m1/s1. The third kappa shape index (κ3) is 8.14. The Hall–Kier alpha value is -2.36. The van der Waals surface area contributed by atoms with Gasteiger partial charge >= 0.3 is 5.97 Å². The van der Waals surface area contributed by atoms with Crippen LogP contribution in [0.15, 0.2) is 23.8 Å². The molecule has 2 heterocycles. The van der Waals surface area contributed by atoms with Gasteiger partial charge in [-0.05, 0) is 31.3 Å². The first-order valence-electron chi connectivity index (χ1n) is 11.8. The quantitative estimate of drug-likeness (QED) is 0.284. The maximum atomic E-state index is 13.0. The van der Waals surface area contributed by atoms with Gasteiger partial charge in [-0.3, -0.25) is 24.5 Å². The number of nitrogens with one attached hydrogen (secondary N) is 1. The first-order valence-corrected chi connectivity index (χ1v) is 11.8. The number of amides is 2. The summed E-state index contributed by atoms with van der Waals surface area (Å²) in [7, 11) is 1.51. The minimum absolute atomic E-state index is 0.115. The van der Waals surface area contributed by atoms with Crippen molar-refractivity contribution in [3.8, 4) is 0 Å². The number of hydrogen-bond acceptors (Lipinski definition) is 8. The molecule has 3 N–H and O–H groups in total. The molecule has 0 spiro atoms. The summed E-state index contributed by atoms with van der Waals surface area (Å²) in [6.07, 6.45) is 2.82. The summed E-state index contributed by atoms with van der Waals surface area (Å²) in [5.41, 5.74) is 0.629. The summed E-state index contributed by atoms with van der Waals surface area (Å²) in [6, 6.07) is 0. The SMILES string of the molecule is CO[C@H]1/C=C/CCC(=O)O[C@H]([C@H](C)C(=O)C[C@H](O)CC2CC(=O)NC(=O)C2)/C(C)=C\[C@@H](C)[C@@H]1O. The number of allylic oxidation sites excluding steroid dienone is 1. The lowest BCUT2D eigenvalue weighted by Gasteiger charge is -2.28. The molecule has 190 valence electrons. The molecule has 0 aromatic heterocycles. The minimum atomic E-state index is -1.02. The second-order valence-electron chi connectivity index (χ2n) is 9.43. The highest BCUT2D eigenvalue weighted by Gasteiger charge is 2.33. The van der Waals surface area contributed by atoms with Gasteiger partial charge in [0.1, 0.15) is 18.0 Å². The number of ketones is 1. The van der Waals surface area contributed by atoms with Gasteiger partial charge in [0.25, 0.3) is 0 Å². The van der Waals surface area contributed by atoms with Crippen LogP contribution in [0.3, 0.4) is 0 Å². The molecule has 9 heteroatoms. The number of imide groups is 1. The molecular weight excluding hydrogens is 442 g/mol. The molecule has 0 aliphatic carbocycles. The first kappa shape index (κ1) is 27.9. The van der Waals surface area contributed by atoms with Crippen molar-refractivity contribution < 1.29 is 38.9 Å². The largest absolute Gasteiger partial charge is 0.457 e. The van der Waals surface area contributed by atoms with Crippen LogP contribution >= 0.6 is 0 Å². The highest BCUT2D eigenvalue weighted by atomic mass is 16.5. The van der Waals surface area contributed by atoms with Crippen molar-refractivity contribution in [1.29, 1.82) is 0 Å². The van der Waals surface area contributed by atoms with E-state index in [-0.39, 0.29) is 61.5 Å². The fourth-order valence-corrected chi connectivity index (χ4v) is 4.54. The van der Waals surface area contributed by atoms with E-state index in [0.717, 1.165) is 0 Å². The summed E-state index contributed by atoms with van der Waals surface area (Å²) < 4.78 is 11.0. The zero-order valence-electron chi connectivity index (χ0n) is 20.4. The van der Waals surface area contributed by atoms with Crippen LogP contribution in [0.4, 0.5) is 0 Å². The van der Waals surface area contributed by atoms with Gasteiger partial charge in [-0.25, -0.2) is 0 Å². The van der Waals surface area contributed by atoms with Crippen molar-refractivity contribution in [1.82, 2.24) is 5.32 Å². The fraction of sp³-hybridized carbons (Fsp3) is 0.680. The monoisotopic (exact) mass is 479 g/mol. The maximum Gasteiger partial charge on any atom is 0.306 e. The van der Waals surface area contributed by atoms with Crippen LogP contribution in [0, 0.1) is 17.8 Å². The van der Waals surface area contributed by atoms with Gasteiger partial charge in [0.15, 0.2) is 0 Å². The number of rotatable bonds is 7. The number of cyclic esters (lactones) is 1. The van der Waals surface area contributed by atoms with Crippen molar-refractivity contribution in [3.05, 3.63) is 23.8 Å². The lowest BCUT2D eigenvalue weighted by Crippen LogP contribution is -2.40. The smallest absolute Gasteiger partial charge is 0.306 e. The second kappa shape index (κ2) is 12.9. The van der Waals surface area contributed by atoms with Gasteiger partial charge < -0.3 is 19.7 Å². The Bertz CT molecular complexity index is 804. The van der Waals surface area contributed by atoms with E-state index in [1.54, 1.807) is 32.1 Å². The molecule has 0 aromatic carbocycles. The van der Waals surface area contributed by atoms with E-state index in [1.165, 1.54) is 7.11 Å². The van der Waals surface area contributed by atoms with Crippen molar-refractivity contribution in [2.45, 2.75) is 83.7 Å². The topological polar surface area (TPSA) is 139 Å². The molecule has 34 heavy (non-hydrogen) atoms. The Labute approximate surface area is 200 Å². The van der Waals surface area contributed by atoms with Gasteiger partial charge in [-0.2, -0.15) is 0 Å². The van der Waals surface area contributed by atoms with Crippen molar-refractivity contribution in [3.63, 3.8) is 0 Å². The average molecular weight is 480 g/mol. The van der Waals surface area contributed by atoms with E-state index in [0.29, 0.717) is 12.0 Å². The number of aliphatic hydroxyl groups is 2. The molecule has 0 aromatic rings. The summed E-state index contributed by atoms with van der Waals surface area (Å²) >= 11 is 0. The Balaban J connectivity index is 2.11. The number of esters is 1. The predicted molar refractivity (Wildman–Crippen MR) is 123 cm³/mol. The van der Waals surface area contributed by atoms with E-state index in [4.69, 9.17) is 9.47 Å². The van der Waals surface area contributed by atoms with Gasteiger partial charge in [0.05, 0.1) is 18.1 Å². The first-order chi connectivity index (χ1) is 16.0. The summed E-state index contributed by atoms with van der Waals surface area (Å²) in [4.78, 5) is 48.5. The van der Waals surface area contributed by atoms with Crippen LogP contribution in [0.1, 0.15) is 59.3 Å². The number of Topliss-reactive ketones (excluding diaryl/α,β-unsaturated/α-hetero) is 1. The number of carbonyl (C=O) groups excluding carboxylic acids is 4. The zero-order valence-corrected chi connectivity index (χ0v) is 20.4. The number of piperidine rings is 1. The summed E-state index contributed by atoms with van der Waals surface area (Å²) in [5, 5.41) is 23.3. The van der Waals surface area contributed by atoms with E-state index in [2.05, 4.69) is 5.32 Å². The fourth-order valence-electron chi connectivity index (χ4n) is 4.54. The molecular formula is C25H37NO8. The van der Waals surface area contributed by atoms with Crippen LogP contribution in [0.2, 0.25) is 0 Å². The molecule has 1 fully saturated rings. The minimum Gasteiger partial charge on any atom is -0.457 e. The normalized spacial score (nSPS) is 31.7. The molecule has 1 saturated heterocycles. The second-order valence-corrected chi connectivity index (χ2v) is 9.43. The van der Waals surface area contributed by atoms with Crippen LogP contribution in [-0.2, 0) is 28.7 Å². The number of aliphatic hydroxyl groups excluding tert-OH is 2. The lowest BCUT2D eigenvalue weighted by atomic mass is 9.85. The third-order valence-electron chi connectivity index (χ3n) is 6.45. The van der Waals surface area contributed by atoms with Crippen molar-refractivity contribution in [2.75, 3.05) is 7.11 Å². The molecule has 2 aliphatic rings. The number of methoxy groups -OCH3 is 1. The Morgan fingerprint density at radius 1 is 1.26 bits per heavy atom. The molecule has 2 aliphatic heterocycles. The summed E-state index contributed by atoms with van der Waals surface area (Å²) in [6.45, 7) is 5.21. The molecule has 2 rings (SSSR count). The molecule has 0 bridgehead atoms. The zero-order chi connectivity index (χ0) is 25.4. The van der Waals surface area contributed by atoms with Crippen LogP contribution < -0.4 is 5.32 Å². The van der Waals surface area contributed by atoms with Gasteiger partial charge in [0, 0.05) is 38.7 Å². The molecule has 0 radical (unpaired) electrons. The predicted octanol–water partition coefficient (Wildman–Crippen LogP) is 1.61. The average Bonchev–Trinajstić information content (AvgIpc) is 2.74. The van der Waals surface area contributed by atoms with E-state index in [9.17, 15) is 29.4 Å². The van der Waals surface area contributed by atoms with Crippen molar-refractivity contribution in [2.24, 2.45) is 17.8 Å². The van der Waals surface area contributed by atoms with Gasteiger partial charge in [-0.1, -0.05) is 32.1 Å². The maximum absolute atomic E-state index is 13.0. The summed E-state index contributed by atoms with van der Waals surface area (Å²) in [5.74, 6) is -2.88. The molecule has 2 amide bonds. The highest BCUT2D eigenvalue weighted by Crippen LogP contribution is 2.26. The van der Waals surface area contributed by atoms with Crippen LogP contribution in [0.5, 0.6) is 0 Å². The molecule has 9 nitrogen and oxygen atoms in total. The molecule has 6 atom stereocenters. The van der Waals surface area contributed by atoms with Crippen molar-refractivity contribution >= 4 is 23.6 Å². The third-order valence-corrected chi connectivity index (χ3v) is 6.45. The Kier molecular flexibility index (Phi) is 10.6. The number of hydrogen-bond donors (Lipinski definition) is 3. The van der Waals surface area contributed by atoms with E-state index < -0.39 is 36.3 Å². The number of carbonyl (C=O) groups is 4. The highest BCUT2D eigenvalue weighted by molar-refractivity contribution is 5.97. The van der Waals surface area contributed by atoms with E-state index in [1.807, 2.05) is 6.92 Å². The molecule has 0 unspecified atom stereocenters. The number of ether oxygens (including phenoxy) is 2.